The summed E-state index contributed by atoms with van der Waals surface area (Å²) >= 11 is 0. The summed E-state index contributed by atoms with van der Waals surface area (Å²) in [6.07, 6.45) is 3.35. The third-order valence-electron chi connectivity index (χ3n) is 2.19. The molecule has 0 saturated heterocycles. The quantitative estimate of drug-likeness (QED) is 0.535. The van der Waals surface area contributed by atoms with Crippen molar-refractivity contribution in [2.75, 3.05) is 0 Å². The number of Topliss-reactive ketones (excluding diaryl/α,β-unsaturated/α-hetero) is 1. The van der Waals surface area contributed by atoms with Crippen molar-refractivity contribution in [3.05, 3.63) is 0 Å². The number of ketones is 1. The fraction of sp³-hybridized carbons (Fsp3) is 0.857. The molecule has 3 heteroatoms. The van der Waals surface area contributed by atoms with E-state index in [9.17, 15) is 4.79 Å². The molecule has 1 aliphatic carbocycles. The molecule has 0 bridgehead atoms. The van der Waals surface area contributed by atoms with Gasteiger partial charge in [-0.15, -0.1) is 0 Å². The van der Waals surface area contributed by atoms with Crippen molar-refractivity contribution in [1.29, 1.82) is 0 Å². The largest absolute Gasteiger partial charge is 0.316 e. The van der Waals surface area contributed by atoms with Crippen molar-refractivity contribution in [3.8, 4) is 0 Å². The lowest BCUT2D eigenvalue weighted by molar-refractivity contribution is -0.131. The maximum atomic E-state index is 11.1. The maximum Gasteiger partial charge on any atom is 0.154 e. The van der Waals surface area contributed by atoms with Crippen LogP contribution in [0.2, 0.25) is 0 Å². The first-order valence-electron chi connectivity index (χ1n) is 3.63. The molecule has 58 valence electrons. The smallest absolute Gasteiger partial charge is 0.154 e. The Morgan fingerprint density at radius 2 is 2.30 bits per heavy atom. The maximum absolute atomic E-state index is 11.1. The van der Waals surface area contributed by atoms with Gasteiger partial charge in [0.1, 0.15) is 0 Å². The van der Waals surface area contributed by atoms with Crippen LogP contribution < -0.4 is 5.48 Å². The minimum atomic E-state index is -0.655. The molecule has 0 aromatic carbocycles. The molecule has 1 fully saturated rings. The number of carbonyl (C=O) groups excluding carboxylic acids is 1. The van der Waals surface area contributed by atoms with Crippen LogP contribution in [0.3, 0.4) is 0 Å². The van der Waals surface area contributed by atoms with E-state index in [1.807, 2.05) is 0 Å². The van der Waals surface area contributed by atoms with Gasteiger partial charge in [0.25, 0.3) is 0 Å². The van der Waals surface area contributed by atoms with Crippen molar-refractivity contribution in [2.45, 2.75) is 38.1 Å². The van der Waals surface area contributed by atoms with E-state index in [-0.39, 0.29) is 5.78 Å². The van der Waals surface area contributed by atoms with Gasteiger partial charge in [-0.3, -0.25) is 4.79 Å². The summed E-state index contributed by atoms with van der Waals surface area (Å²) in [4.78, 5) is 11.1. The fourth-order valence-corrected chi connectivity index (χ4v) is 1.30. The van der Waals surface area contributed by atoms with E-state index in [2.05, 4.69) is 5.48 Å². The molecular weight excluding hydrogens is 130 g/mol. The van der Waals surface area contributed by atoms with E-state index >= 15 is 0 Å². The first kappa shape index (κ1) is 7.69. The molecule has 10 heavy (non-hydrogen) atoms. The highest BCUT2D eigenvalue weighted by Gasteiger charge is 2.34. The van der Waals surface area contributed by atoms with Crippen LogP contribution in [0, 0.1) is 0 Å². The monoisotopic (exact) mass is 143 g/mol. The van der Waals surface area contributed by atoms with E-state index in [1.165, 1.54) is 0 Å². The number of hydrogen-bond donors (Lipinski definition) is 2. The van der Waals surface area contributed by atoms with Crippen LogP contribution in [0.15, 0.2) is 0 Å². The molecule has 0 radical (unpaired) electrons. The summed E-state index contributed by atoms with van der Waals surface area (Å²) < 4.78 is 0. The SMILES string of the molecule is C[C@@]1(NO)CCCCC1=O. The van der Waals surface area contributed by atoms with Crippen molar-refractivity contribution in [3.63, 3.8) is 0 Å². The highest BCUT2D eigenvalue weighted by atomic mass is 16.5. The summed E-state index contributed by atoms with van der Waals surface area (Å²) in [5.41, 5.74) is 1.43. The molecule has 0 aliphatic heterocycles. The van der Waals surface area contributed by atoms with Crippen LogP contribution in [0.5, 0.6) is 0 Å². The molecule has 1 atom stereocenters. The average molecular weight is 143 g/mol. The Balaban J connectivity index is 2.63. The Morgan fingerprint density at radius 1 is 1.60 bits per heavy atom. The predicted molar refractivity (Wildman–Crippen MR) is 36.8 cm³/mol. The van der Waals surface area contributed by atoms with Crippen LogP contribution in [0.1, 0.15) is 32.6 Å². The van der Waals surface area contributed by atoms with Crippen LogP contribution >= 0.6 is 0 Å². The molecule has 0 amide bonds. The number of hydrogen-bond acceptors (Lipinski definition) is 3. The van der Waals surface area contributed by atoms with Crippen LogP contribution in [-0.2, 0) is 4.79 Å². The minimum Gasteiger partial charge on any atom is -0.316 e. The molecule has 2 N–H and O–H groups in total. The summed E-state index contributed by atoms with van der Waals surface area (Å²) in [6, 6.07) is 0. The Kier molecular flexibility index (Phi) is 2.06. The molecule has 0 unspecified atom stereocenters. The van der Waals surface area contributed by atoms with Crippen molar-refractivity contribution in [2.24, 2.45) is 0 Å². The van der Waals surface area contributed by atoms with Gasteiger partial charge in [0, 0.05) is 6.42 Å². The lowest BCUT2D eigenvalue weighted by Gasteiger charge is -2.29. The summed E-state index contributed by atoms with van der Waals surface area (Å²) in [5, 5.41) is 8.65. The van der Waals surface area contributed by atoms with Crippen LogP contribution in [0.25, 0.3) is 0 Å². The third kappa shape index (κ3) is 1.20. The van der Waals surface area contributed by atoms with Gasteiger partial charge in [-0.2, -0.15) is 5.48 Å². The lowest BCUT2D eigenvalue weighted by Crippen LogP contribution is -2.49. The van der Waals surface area contributed by atoms with E-state index < -0.39 is 5.54 Å². The molecule has 0 spiro atoms. The van der Waals surface area contributed by atoms with E-state index in [4.69, 9.17) is 5.21 Å². The lowest BCUT2D eigenvalue weighted by atomic mass is 9.83. The Morgan fingerprint density at radius 3 is 2.70 bits per heavy atom. The number of rotatable bonds is 1. The zero-order valence-electron chi connectivity index (χ0n) is 6.18. The molecule has 0 aromatic rings. The van der Waals surface area contributed by atoms with Gasteiger partial charge in [0.05, 0.1) is 5.54 Å². The molecule has 0 heterocycles. The van der Waals surface area contributed by atoms with Gasteiger partial charge in [-0.25, -0.2) is 0 Å². The van der Waals surface area contributed by atoms with Gasteiger partial charge in [0.15, 0.2) is 5.78 Å². The Hall–Kier alpha value is -0.410. The predicted octanol–water partition coefficient (Wildman–Crippen LogP) is 0.867. The second-order valence-electron chi connectivity index (χ2n) is 3.07. The fourth-order valence-electron chi connectivity index (χ4n) is 1.30. The summed E-state index contributed by atoms with van der Waals surface area (Å²) in [5.74, 6) is 0.126. The number of nitrogens with one attached hydrogen (secondary N) is 1. The highest BCUT2D eigenvalue weighted by molar-refractivity contribution is 5.88. The molecule has 1 rings (SSSR count). The Labute approximate surface area is 60.4 Å². The standard InChI is InChI=1S/C7H13NO2/c1-7(8-10)5-3-2-4-6(7)9/h8,10H,2-5H2,1H3/t7-/m1/s1. The number of carbonyl (C=O) groups is 1. The number of hydroxylamine groups is 1. The zero-order chi connectivity index (χ0) is 7.61. The van der Waals surface area contributed by atoms with Crippen molar-refractivity contribution in [1.82, 2.24) is 5.48 Å². The summed E-state index contributed by atoms with van der Waals surface area (Å²) in [7, 11) is 0. The van der Waals surface area contributed by atoms with Gasteiger partial charge < -0.3 is 5.21 Å². The summed E-state index contributed by atoms with van der Waals surface area (Å²) in [6.45, 7) is 1.74. The first-order valence-corrected chi connectivity index (χ1v) is 3.63. The molecule has 1 saturated carbocycles. The minimum absolute atomic E-state index is 0.126. The van der Waals surface area contributed by atoms with Gasteiger partial charge >= 0.3 is 0 Å². The van der Waals surface area contributed by atoms with E-state index in [0.717, 1.165) is 19.3 Å². The zero-order valence-corrected chi connectivity index (χ0v) is 6.18. The second-order valence-corrected chi connectivity index (χ2v) is 3.07. The topological polar surface area (TPSA) is 49.3 Å². The third-order valence-corrected chi connectivity index (χ3v) is 2.19. The van der Waals surface area contributed by atoms with Gasteiger partial charge in [0.2, 0.25) is 0 Å². The van der Waals surface area contributed by atoms with Gasteiger partial charge in [-0.05, 0) is 19.8 Å². The normalized spacial score (nSPS) is 34.4. The molecular formula is C7H13NO2. The van der Waals surface area contributed by atoms with E-state index in [0.29, 0.717) is 6.42 Å². The molecule has 3 nitrogen and oxygen atoms in total. The second kappa shape index (κ2) is 2.68. The molecule has 1 aliphatic rings. The Bertz CT molecular complexity index is 147. The average Bonchev–Trinajstić information content (AvgIpc) is 1.96. The van der Waals surface area contributed by atoms with Gasteiger partial charge in [-0.1, -0.05) is 6.42 Å². The van der Waals surface area contributed by atoms with E-state index in [1.54, 1.807) is 6.92 Å². The highest BCUT2D eigenvalue weighted by Crippen LogP contribution is 2.23. The first-order chi connectivity index (χ1) is 4.69. The van der Waals surface area contributed by atoms with Crippen LogP contribution in [-0.4, -0.2) is 16.5 Å². The van der Waals surface area contributed by atoms with Crippen molar-refractivity contribution < 1.29 is 10.0 Å². The van der Waals surface area contributed by atoms with Crippen molar-refractivity contribution >= 4 is 5.78 Å². The van der Waals surface area contributed by atoms with Crippen LogP contribution in [0.4, 0.5) is 0 Å². The molecule has 0 aromatic heterocycles.